The number of amides is 1. The molecule has 0 aromatic heterocycles. The topological polar surface area (TPSA) is 86.1 Å². The first kappa shape index (κ1) is 19.4. The maximum atomic E-state index is 12.7. The standard InChI is InChI=1S/C24H22N4O2/c1-17-12-13-22(29)18(14-17)16-25-27-23(30)21-15-24(28-26-21,19-8-4-2-5-9-19)20-10-6-3-7-11-20/h2-14,16,28-29H,15H2,1H3,(H,27,30). The summed E-state index contributed by atoms with van der Waals surface area (Å²) < 4.78 is 0. The maximum Gasteiger partial charge on any atom is 0.287 e. The van der Waals surface area contributed by atoms with Crippen LogP contribution < -0.4 is 10.9 Å². The van der Waals surface area contributed by atoms with E-state index in [2.05, 4.69) is 21.1 Å². The fraction of sp³-hybridized carbons (Fsp3) is 0.125. The Morgan fingerprint density at radius 1 is 1.07 bits per heavy atom. The normalized spacial score (nSPS) is 14.9. The van der Waals surface area contributed by atoms with Crippen LogP contribution in [0, 0.1) is 6.92 Å². The Morgan fingerprint density at radius 2 is 1.70 bits per heavy atom. The summed E-state index contributed by atoms with van der Waals surface area (Å²) in [7, 11) is 0. The Hall–Kier alpha value is -3.93. The van der Waals surface area contributed by atoms with E-state index in [4.69, 9.17) is 0 Å². The number of aryl methyl sites for hydroxylation is 1. The molecule has 6 heteroatoms. The number of carbonyl (C=O) groups is 1. The molecule has 3 aromatic carbocycles. The summed E-state index contributed by atoms with van der Waals surface area (Å²) >= 11 is 0. The molecule has 0 spiro atoms. The zero-order valence-electron chi connectivity index (χ0n) is 16.5. The first-order chi connectivity index (χ1) is 14.6. The molecule has 150 valence electrons. The Morgan fingerprint density at radius 3 is 2.33 bits per heavy atom. The van der Waals surface area contributed by atoms with Crippen molar-refractivity contribution in [3.05, 3.63) is 101 Å². The molecule has 6 nitrogen and oxygen atoms in total. The van der Waals surface area contributed by atoms with E-state index in [0.29, 0.717) is 17.7 Å². The number of benzene rings is 3. The van der Waals surface area contributed by atoms with Gasteiger partial charge in [-0.15, -0.1) is 0 Å². The summed E-state index contributed by atoms with van der Waals surface area (Å²) in [6.45, 7) is 1.92. The molecule has 4 rings (SSSR count). The third-order valence-electron chi connectivity index (χ3n) is 5.16. The minimum atomic E-state index is -0.617. The predicted molar refractivity (Wildman–Crippen MR) is 117 cm³/mol. The van der Waals surface area contributed by atoms with Crippen molar-refractivity contribution in [3.63, 3.8) is 0 Å². The lowest BCUT2D eigenvalue weighted by Crippen LogP contribution is -2.38. The Kier molecular flexibility index (Phi) is 5.30. The number of aromatic hydroxyl groups is 1. The molecule has 0 bridgehead atoms. The monoisotopic (exact) mass is 398 g/mol. The number of phenolic OH excluding ortho intramolecular Hbond substituents is 1. The molecule has 0 fully saturated rings. The third kappa shape index (κ3) is 3.80. The number of nitrogens with zero attached hydrogens (tertiary/aromatic N) is 2. The van der Waals surface area contributed by atoms with Crippen LogP contribution in [0.2, 0.25) is 0 Å². The Labute approximate surface area is 175 Å². The molecule has 3 aromatic rings. The lowest BCUT2D eigenvalue weighted by atomic mass is 9.80. The van der Waals surface area contributed by atoms with Crippen molar-refractivity contribution in [2.24, 2.45) is 10.2 Å². The molecule has 30 heavy (non-hydrogen) atoms. The number of nitrogens with one attached hydrogen (secondary N) is 2. The second-order valence-electron chi connectivity index (χ2n) is 7.25. The molecule has 1 heterocycles. The summed E-state index contributed by atoms with van der Waals surface area (Å²) in [5.41, 5.74) is 9.01. The molecule has 1 aliphatic rings. The third-order valence-corrected chi connectivity index (χ3v) is 5.16. The van der Waals surface area contributed by atoms with Gasteiger partial charge in [-0.05, 0) is 30.2 Å². The molecular formula is C24H22N4O2. The van der Waals surface area contributed by atoms with E-state index < -0.39 is 5.54 Å². The molecule has 3 N–H and O–H groups in total. The molecule has 0 unspecified atom stereocenters. The van der Waals surface area contributed by atoms with E-state index in [-0.39, 0.29) is 11.7 Å². The van der Waals surface area contributed by atoms with Crippen LogP contribution in [0.5, 0.6) is 5.75 Å². The number of carbonyl (C=O) groups excluding carboxylic acids is 1. The second-order valence-corrected chi connectivity index (χ2v) is 7.25. The van der Waals surface area contributed by atoms with Crippen molar-refractivity contribution >= 4 is 17.8 Å². The van der Waals surface area contributed by atoms with Crippen LogP contribution in [0.4, 0.5) is 0 Å². The summed E-state index contributed by atoms with van der Waals surface area (Å²) in [6.07, 6.45) is 1.81. The molecular weight excluding hydrogens is 376 g/mol. The van der Waals surface area contributed by atoms with Crippen molar-refractivity contribution < 1.29 is 9.90 Å². The number of rotatable bonds is 5. The van der Waals surface area contributed by atoms with Crippen molar-refractivity contribution in [2.45, 2.75) is 18.9 Å². The zero-order valence-corrected chi connectivity index (χ0v) is 16.5. The quantitative estimate of drug-likeness (QED) is 0.455. The number of phenols is 1. The van der Waals surface area contributed by atoms with E-state index in [1.807, 2.05) is 67.6 Å². The largest absolute Gasteiger partial charge is 0.507 e. The lowest BCUT2D eigenvalue weighted by molar-refractivity contribution is -0.114. The number of hydrazone groups is 2. The summed E-state index contributed by atoms with van der Waals surface area (Å²) in [5.74, 6) is -0.287. The van der Waals surface area contributed by atoms with E-state index >= 15 is 0 Å². The minimum Gasteiger partial charge on any atom is -0.507 e. The molecule has 0 aliphatic carbocycles. The van der Waals surface area contributed by atoms with Crippen LogP contribution in [0.15, 0.2) is 89.1 Å². The second kappa shape index (κ2) is 8.21. The SMILES string of the molecule is Cc1ccc(O)c(C=NNC(=O)C2=NNC(c3ccccc3)(c3ccccc3)C2)c1. The first-order valence-corrected chi connectivity index (χ1v) is 9.66. The predicted octanol–water partition coefficient (Wildman–Crippen LogP) is 3.44. The van der Waals surface area contributed by atoms with Gasteiger partial charge in [0.2, 0.25) is 0 Å². The number of hydrogen-bond acceptors (Lipinski definition) is 5. The highest BCUT2D eigenvalue weighted by Crippen LogP contribution is 2.36. The number of hydrogen-bond donors (Lipinski definition) is 3. The van der Waals surface area contributed by atoms with Crippen LogP contribution in [-0.4, -0.2) is 22.9 Å². The average molecular weight is 398 g/mol. The van der Waals surface area contributed by atoms with Crippen LogP contribution in [-0.2, 0) is 10.3 Å². The van der Waals surface area contributed by atoms with Gasteiger partial charge in [0.15, 0.2) is 0 Å². The van der Waals surface area contributed by atoms with Gasteiger partial charge in [0.25, 0.3) is 5.91 Å². The lowest BCUT2D eigenvalue weighted by Gasteiger charge is -2.30. The van der Waals surface area contributed by atoms with Crippen molar-refractivity contribution in [1.82, 2.24) is 10.9 Å². The highest BCUT2D eigenvalue weighted by molar-refractivity contribution is 6.39. The molecule has 1 aliphatic heterocycles. The average Bonchev–Trinajstić information content (AvgIpc) is 3.24. The van der Waals surface area contributed by atoms with Gasteiger partial charge >= 0.3 is 0 Å². The van der Waals surface area contributed by atoms with E-state index in [1.165, 1.54) is 6.21 Å². The van der Waals surface area contributed by atoms with Gasteiger partial charge in [0, 0.05) is 12.0 Å². The molecule has 0 saturated heterocycles. The van der Waals surface area contributed by atoms with E-state index in [1.54, 1.807) is 18.2 Å². The fourth-order valence-corrected chi connectivity index (χ4v) is 3.57. The van der Waals surface area contributed by atoms with Gasteiger partial charge < -0.3 is 5.11 Å². The summed E-state index contributed by atoms with van der Waals surface area (Å²) in [4.78, 5) is 12.7. The summed E-state index contributed by atoms with van der Waals surface area (Å²) in [6, 6.07) is 25.1. The van der Waals surface area contributed by atoms with Gasteiger partial charge in [-0.3, -0.25) is 10.2 Å². The van der Waals surface area contributed by atoms with Crippen molar-refractivity contribution in [1.29, 1.82) is 0 Å². The van der Waals surface area contributed by atoms with Gasteiger partial charge in [-0.2, -0.15) is 10.2 Å². The Bertz CT molecular complexity index is 1070. The fourth-order valence-electron chi connectivity index (χ4n) is 3.57. The van der Waals surface area contributed by atoms with E-state index in [0.717, 1.165) is 16.7 Å². The van der Waals surface area contributed by atoms with Gasteiger partial charge in [-0.1, -0.05) is 72.3 Å². The van der Waals surface area contributed by atoms with Gasteiger partial charge in [0.1, 0.15) is 17.0 Å². The highest BCUT2D eigenvalue weighted by Gasteiger charge is 2.41. The van der Waals surface area contributed by atoms with Crippen LogP contribution >= 0.6 is 0 Å². The van der Waals surface area contributed by atoms with Crippen molar-refractivity contribution in [2.75, 3.05) is 0 Å². The van der Waals surface area contributed by atoms with Crippen LogP contribution in [0.3, 0.4) is 0 Å². The Balaban J connectivity index is 1.53. The highest BCUT2D eigenvalue weighted by atomic mass is 16.3. The zero-order chi connectivity index (χ0) is 21.0. The molecule has 0 saturated carbocycles. The maximum absolute atomic E-state index is 12.7. The molecule has 1 amide bonds. The van der Waals surface area contributed by atoms with Crippen molar-refractivity contribution in [3.8, 4) is 5.75 Å². The molecule has 0 radical (unpaired) electrons. The summed E-state index contributed by atoms with van der Waals surface area (Å²) in [5, 5.41) is 18.2. The smallest absolute Gasteiger partial charge is 0.287 e. The van der Waals surface area contributed by atoms with Crippen LogP contribution in [0.1, 0.15) is 28.7 Å². The van der Waals surface area contributed by atoms with E-state index in [9.17, 15) is 9.90 Å². The first-order valence-electron chi connectivity index (χ1n) is 9.66. The minimum absolute atomic E-state index is 0.102. The van der Waals surface area contributed by atoms with Gasteiger partial charge in [0.05, 0.1) is 6.21 Å². The molecule has 0 atom stereocenters. The van der Waals surface area contributed by atoms with Crippen LogP contribution in [0.25, 0.3) is 0 Å². The van der Waals surface area contributed by atoms with Gasteiger partial charge in [-0.25, -0.2) is 5.43 Å².